The van der Waals surface area contributed by atoms with Crippen LogP contribution in [0.2, 0.25) is 0 Å². The lowest BCUT2D eigenvalue weighted by atomic mass is 9.98. The maximum absolute atomic E-state index is 5.16. The summed E-state index contributed by atoms with van der Waals surface area (Å²) in [4.78, 5) is 14.7. The highest BCUT2D eigenvalue weighted by molar-refractivity contribution is 6.01. The second kappa shape index (κ2) is 11.0. The van der Waals surface area contributed by atoms with Crippen molar-refractivity contribution in [3.05, 3.63) is 145 Å². The van der Waals surface area contributed by atoms with Gasteiger partial charge >= 0.3 is 0 Å². The quantitative estimate of drug-likeness (QED) is 0.151. The summed E-state index contributed by atoms with van der Waals surface area (Å²) < 4.78 is 0. The van der Waals surface area contributed by atoms with Crippen molar-refractivity contribution in [3.8, 4) is 33.9 Å². The average molecular weight is 576 g/mol. The molecule has 1 heterocycles. The number of aliphatic imine (C=N–C) groups is 1. The van der Waals surface area contributed by atoms with Crippen molar-refractivity contribution < 1.29 is 0 Å². The minimum atomic E-state index is 0.619. The Morgan fingerprint density at radius 1 is 0.511 bits per heavy atom. The number of nitrogens with zero attached hydrogens (tertiary/aromatic N) is 3. The molecule has 0 N–H and O–H groups in total. The van der Waals surface area contributed by atoms with Gasteiger partial charge in [-0.15, -0.1) is 0 Å². The molecule has 3 nitrogen and oxygen atoms in total. The predicted molar refractivity (Wildman–Crippen MR) is 192 cm³/mol. The van der Waals surface area contributed by atoms with Gasteiger partial charge in [0.1, 0.15) is 0 Å². The summed E-state index contributed by atoms with van der Waals surface area (Å²) in [7, 11) is 0. The van der Waals surface area contributed by atoms with Gasteiger partial charge in [-0.2, -0.15) is 0 Å². The lowest BCUT2D eigenvalue weighted by molar-refractivity contribution is 1.18. The smallest absolute Gasteiger partial charge is 0.162 e. The molecule has 0 saturated carbocycles. The molecule has 0 fully saturated rings. The van der Waals surface area contributed by atoms with E-state index in [0.717, 1.165) is 39.3 Å². The largest absolute Gasteiger partial charge is 0.263 e. The summed E-state index contributed by atoms with van der Waals surface area (Å²) in [5.74, 6) is 0.619. The van der Waals surface area contributed by atoms with Crippen LogP contribution in [0.15, 0.2) is 145 Å². The van der Waals surface area contributed by atoms with Crippen LogP contribution < -0.4 is 0 Å². The molecule has 0 spiro atoms. The van der Waals surface area contributed by atoms with Gasteiger partial charge in [0.15, 0.2) is 5.82 Å². The van der Waals surface area contributed by atoms with Crippen molar-refractivity contribution in [2.45, 2.75) is 6.92 Å². The van der Waals surface area contributed by atoms with Crippen molar-refractivity contribution in [1.29, 1.82) is 0 Å². The Bertz CT molecular complexity index is 2330. The van der Waals surface area contributed by atoms with Gasteiger partial charge in [-0.25, -0.2) is 9.97 Å². The Labute approximate surface area is 261 Å². The summed E-state index contributed by atoms with van der Waals surface area (Å²) in [5, 5.41) is 9.66. The second-order valence-electron chi connectivity index (χ2n) is 11.4. The number of benzene rings is 7. The molecular formula is C42H29N3. The molecule has 0 aliphatic carbocycles. The summed E-state index contributed by atoms with van der Waals surface area (Å²) in [6, 6.07) is 47.3. The highest BCUT2D eigenvalue weighted by Gasteiger charge is 2.16. The fourth-order valence-electron chi connectivity index (χ4n) is 6.29. The molecule has 0 amide bonds. The zero-order chi connectivity index (χ0) is 30.3. The van der Waals surface area contributed by atoms with Crippen LogP contribution in [-0.4, -0.2) is 16.7 Å². The van der Waals surface area contributed by atoms with Gasteiger partial charge in [0.2, 0.25) is 0 Å². The van der Waals surface area contributed by atoms with Crippen LogP contribution in [0.4, 0.5) is 5.69 Å². The summed E-state index contributed by atoms with van der Waals surface area (Å²) in [6.07, 6.45) is 4.05. The molecule has 45 heavy (non-hydrogen) atoms. The molecule has 0 radical (unpaired) electrons. The van der Waals surface area contributed by atoms with E-state index in [4.69, 9.17) is 9.97 Å². The molecule has 3 heteroatoms. The minimum Gasteiger partial charge on any atom is -0.263 e. The Kier molecular flexibility index (Phi) is 6.50. The van der Waals surface area contributed by atoms with Crippen molar-refractivity contribution in [1.82, 2.24) is 9.97 Å². The first-order chi connectivity index (χ1) is 22.2. The third kappa shape index (κ3) is 4.85. The lowest BCUT2D eigenvalue weighted by Crippen LogP contribution is -1.97. The van der Waals surface area contributed by atoms with Gasteiger partial charge in [0.25, 0.3) is 0 Å². The third-order valence-electron chi connectivity index (χ3n) is 8.54. The Morgan fingerprint density at radius 2 is 1.00 bits per heavy atom. The van der Waals surface area contributed by atoms with Crippen molar-refractivity contribution in [2.24, 2.45) is 4.99 Å². The third-order valence-corrected chi connectivity index (χ3v) is 8.54. The minimum absolute atomic E-state index is 0.619. The van der Waals surface area contributed by atoms with E-state index in [1.54, 1.807) is 0 Å². The van der Waals surface area contributed by atoms with Gasteiger partial charge in [-0.05, 0) is 105 Å². The SMILES string of the molecule is C=Nc1c(/C=C\C)cccc1-c1nc(-c2ccc3cc4ccccc4cc3c2)cc(-c2ccc3cc4ccccc4cc3c2)n1. The monoisotopic (exact) mass is 575 g/mol. The molecule has 0 saturated heterocycles. The van der Waals surface area contributed by atoms with Gasteiger partial charge in [0.05, 0.1) is 17.1 Å². The van der Waals surface area contributed by atoms with Gasteiger partial charge in [0, 0.05) is 22.3 Å². The fourth-order valence-corrected chi connectivity index (χ4v) is 6.29. The fraction of sp³-hybridized carbons (Fsp3) is 0.0238. The van der Waals surface area contributed by atoms with Crippen LogP contribution in [0.1, 0.15) is 12.5 Å². The summed E-state index contributed by atoms with van der Waals surface area (Å²) in [5.41, 5.74) is 6.39. The van der Waals surface area contributed by atoms with E-state index in [1.807, 2.05) is 37.3 Å². The molecule has 0 aliphatic heterocycles. The molecule has 0 atom stereocenters. The maximum Gasteiger partial charge on any atom is 0.162 e. The summed E-state index contributed by atoms with van der Waals surface area (Å²) >= 11 is 0. The van der Waals surface area contributed by atoms with Gasteiger partial charge in [-0.3, -0.25) is 4.99 Å². The molecular weight excluding hydrogens is 546 g/mol. The molecule has 0 aliphatic rings. The number of para-hydroxylation sites is 1. The van der Waals surface area contributed by atoms with Crippen LogP contribution in [-0.2, 0) is 0 Å². The normalized spacial score (nSPS) is 11.7. The zero-order valence-electron chi connectivity index (χ0n) is 24.9. The molecule has 1 aromatic heterocycles. The predicted octanol–water partition coefficient (Wildman–Crippen LogP) is 11.5. The number of allylic oxidation sites excluding steroid dienone is 1. The van der Waals surface area contributed by atoms with Gasteiger partial charge < -0.3 is 0 Å². The van der Waals surface area contributed by atoms with Crippen molar-refractivity contribution in [2.75, 3.05) is 0 Å². The van der Waals surface area contributed by atoms with Crippen LogP contribution in [0.5, 0.6) is 0 Å². The van der Waals surface area contributed by atoms with Crippen molar-refractivity contribution in [3.63, 3.8) is 0 Å². The summed E-state index contributed by atoms with van der Waals surface area (Å²) in [6.45, 7) is 5.90. The standard InChI is InChI=1S/C42H29N3/c1-3-9-27-14-8-15-38(41(27)43-2)42-44-39(34-18-16-32-20-28-10-4-6-12-30(28)22-36(32)24-34)26-40(45-42)35-19-17-33-21-29-11-5-7-13-31(29)23-37(33)25-35/h3-26H,2H2,1H3/b9-3-. The van der Waals surface area contributed by atoms with E-state index in [9.17, 15) is 0 Å². The average Bonchev–Trinajstić information content (AvgIpc) is 3.09. The first kappa shape index (κ1) is 26.7. The number of hydrogen-bond donors (Lipinski definition) is 0. The Hall–Kier alpha value is -5.93. The first-order valence-corrected chi connectivity index (χ1v) is 15.1. The van der Waals surface area contributed by atoms with Crippen LogP contribution in [0.3, 0.4) is 0 Å². The van der Waals surface area contributed by atoms with Crippen LogP contribution >= 0.6 is 0 Å². The molecule has 7 aromatic carbocycles. The topological polar surface area (TPSA) is 38.1 Å². The van der Waals surface area contributed by atoms with E-state index in [0.29, 0.717) is 5.82 Å². The maximum atomic E-state index is 5.16. The lowest BCUT2D eigenvalue weighted by Gasteiger charge is -2.13. The van der Waals surface area contributed by atoms with E-state index in [-0.39, 0.29) is 0 Å². The van der Waals surface area contributed by atoms with Crippen LogP contribution in [0, 0.1) is 0 Å². The molecule has 212 valence electrons. The molecule has 0 bridgehead atoms. The first-order valence-electron chi connectivity index (χ1n) is 15.1. The molecule has 0 unspecified atom stereocenters. The van der Waals surface area contributed by atoms with E-state index in [2.05, 4.69) is 127 Å². The number of hydrogen-bond acceptors (Lipinski definition) is 3. The van der Waals surface area contributed by atoms with Crippen molar-refractivity contribution >= 4 is 61.6 Å². The molecule has 8 aromatic rings. The Balaban J connectivity index is 1.35. The number of fused-ring (bicyclic) bond motifs is 4. The Morgan fingerprint density at radius 3 is 1.49 bits per heavy atom. The molecule has 8 rings (SSSR count). The van der Waals surface area contributed by atoms with Gasteiger partial charge in [-0.1, -0.05) is 97.1 Å². The number of aromatic nitrogens is 2. The van der Waals surface area contributed by atoms with E-state index < -0.39 is 0 Å². The second-order valence-corrected chi connectivity index (χ2v) is 11.4. The highest BCUT2D eigenvalue weighted by Crippen LogP contribution is 2.36. The van der Waals surface area contributed by atoms with Crippen LogP contribution in [0.25, 0.3) is 83.1 Å². The highest BCUT2D eigenvalue weighted by atomic mass is 14.9. The zero-order valence-corrected chi connectivity index (χ0v) is 24.9. The number of rotatable bonds is 5. The van der Waals surface area contributed by atoms with E-state index in [1.165, 1.54) is 43.1 Å². The van der Waals surface area contributed by atoms with E-state index >= 15 is 0 Å².